The second kappa shape index (κ2) is 12.4. The van der Waals surface area contributed by atoms with Gasteiger partial charge in [0.1, 0.15) is 0 Å². The molecule has 0 unspecified atom stereocenters. The molecule has 0 bridgehead atoms. The number of benzene rings is 2. The molecular formula is C24H33N5O2. The Morgan fingerprint density at radius 2 is 1.58 bits per heavy atom. The van der Waals surface area contributed by atoms with Crippen molar-refractivity contribution in [1.29, 1.82) is 0 Å². The Kier molecular flexibility index (Phi) is 9.55. The van der Waals surface area contributed by atoms with Gasteiger partial charge in [0.05, 0.1) is 13.1 Å². The summed E-state index contributed by atoms with van der Waals surface area (Å²) in [4.78, 5) is 32.6. The minimum absolute atomic E-state index is 0.0171. The Balaban J connectivity index is 1.94. The normalized spacial score (nSPS) is 11.0. The lowest BCUT2D eigenvalue weighted by Gasteiger charge is -2.22. The van der Waals surface area contributed by atoms with Crippen LogP contribution in [0.1, 0.15) is 35.3 Å². The number of guanidine groups is 1. The van der Waals surface area contributed by atoms with Gasteiger partial charge in [0.25, 0.3) is 5.91 Å². The molecule has 7 nitrogen and oxygen atoms in total. The standard InChI is InChI=1S/C24H33N5O2/c1-5-25-24(26-16-19-12-14-21(15-13-19)23(31)28(3)4)27-17-22(30)29(6-2)18-20-10-8-7-9-11-20/h7-15H,5-6,16-18H2,1-4H3,(H2,25,26,27). The summed E-state index contributed by atoms with van der Waals surface area (Å²) in [6, 6.07) is 17.4. The number of hydrogen-bond donors (Lipinski definition) is 2. The second-order valence-corrected chi connectivity index (χ2v) is 7.34. The molecule has 0 saturated heterocycles. The van der Waals surface area contributed by atoms with Crippen molar-refractivity contribution in [3.8, 4) is 0 Å². The van der Waals surface area contributed by atoms with Crippen LogP contribution < -0.4 is 10.6 Å². The molecule has 2 aromatic rings. The number of hydrogen-bond acceptors (Lipinski definition) is 3. The Bertz CT molecular complexity index is 863. The number of aliphatic imine (C=N–C) groups is 1. The van der Waals surface area contributed by atoms with Gasteiger partial charge in [0.2, 0.25) is 5.91 Å². The average molecular weight is 424 g/mol. The molecule has 0 saturated carbocycles. The lowest BCUT2D eigenvalue weighted by atomic mass is 10.1. The van der Waals surface area contributed by atoms with E-state index in [0.717, 1.165) is 11.1 Å². The van der Waals surface area contributed by atoms with Crippen molar-refractivity contribution >= 4 is 17.8 Å². The summed E-state index contributed by atoms with van der Waals surface area (Å²) in [5.41, 5.74) is 2.74. The molecule has 2 aromatic carbocycles. The summed E-state index contributed by atoms with van der Waals surface area (Å²) in [6.07, 6.45) is 0. The zero-order chi connectivity index (χ0) is 22.6. The first-order valence-corrected chi connectivity index (χ1v) is 10.6. The van der Waals surface area contributed by atoms with E-state index in [4.69, 9.17) is 0 Å². The van der Waals surface area contributed by atoms with Gasteiger partial charge in [-0.15, -0.1) is 0 Å². The van der Waals surface area contributed by atoms with E-state index in [2.05, 4.69) is 15.6 Å². The Morgan fingerprint density at radius 1 is 0.903 bits per heavy atom. The zero-order valence-electron chi connectivity index (χ0n) is 18.9. The van der Waals surface area contributed by atoms with Crippen LogP contribution in [0.5, 0.6) is 0 Å². The lowest BCUT2D eigenvalue weighted by Crippen LogP contribution is -2.44. The minimum atomic E-state index is -0.0282. The van der Waals surface area contributed by atoms with Crippen molar-refractivity contribution in [2.45, 2.75) is 26.9 Å². The second-order valence-electron chi connectivity index (χ2n) is 7.34. The minimum Gasteiger partial charge on any atom is -0.357 e. The van der Waals surface area contributed by atoms with Crippen molar-refractivity contribution in [3.63, 3.8) is 0 Å². The Labute approximate surface area is 185 Å². The largest absolute Gasteiger partial charge is 0.357 e. The molecule has 0 aliphatic heterocycles. The summed E-state index contributed by atoms with van der Waals surface area (Å²) in [7, 11) is 3.46. The fraction of sp³-hybridized carbons (Fsp3) is 0.375. The van der Waals surface area contributed by atoms with Gasteiger partial charge in [-0.3, -0.25) is 9.59 Å². The van der Waals surface area contributed by atoms with Gasteiger partial charge >= 0.3 is 0 Å². The van der Waals surface area contributed by atoms with Crippen LogP contribution in [0.25, 0.3) is 0 Å². The Morgan fingerprint density at radius 3 is 2.16 bits per heavy atom. The van der Waals surface area contributed by atoms with Crippen LogP contribution >= 0.6 is 0 Å². The summed E-state index contributed by atoms with van der Waals surface area (Å²) in [5.74, 6) is 0.572. The third-order valence-corrected chi connectivity index (χ3v) is 4.73. The highest BCUT2D eigenvalue weighted by molar-refractivity contribution is 5.93. The number of likely N-dealkylation sites (N-methyl/N-ethyl adjacent to an activating group) is 1. The van der Waals surface area contributed by atoms with Gasteiger partial charge in [-0.25, -0.2) is 4.99 Å². The van der Waals surface area contributed by atoms with Gasteiger partial charge in [-0.1, -0.05) is 42.5 Å². The first-order valence-electron chi connectivity index (χ1n) is 10.6. The topological polar surface area (TPSA) is 77.0 Å². The van der Waals surface area contributed by atoms with Gasteiger partial charge in [0, 0.05) is 39.3 Å². The van der Waals surface area contributed by atoms with Crippen LogP contribution in [0.15, 0.2) is 59.6 Å². The molecule has 166 valence electrons. The highest BCUT2D eigenvalue weighted by atomic mass is 16.2. The zero-order valence-corrected chi connectivity index (χ0v) is 18.9. The number of amides is 2. The van der Waals surface area contributed by atoms with Crippen LogP contribution in [0.2, 0.25) is 0 Å². The summed E-state index contributed by atoms with van der Waals surface area (Å²) < 4.78 is 0. The van der Waals surface area contributed by atoms with E-state index in [1.165, 1.54) is 0 Å². The molecule has 7 heteroatoms. The molecule has 0 heterocycles. The van der Waals surface area contributed by atoms with E-state index in [0.29, 0.717) is 37.7 Å². The molecule has 0 aliphatic rings. The average Bonchev–Trinajstić information content (AvgIpc) is 2.79. The lowest BCUT2D eigenvalue weighted by molar-refractivity contribution is -0.130. The van der Waals surface area contributed by atoms with Crippen molar-refractivity contribution in [1.82, 2.24) is 20.4 Å². The molecule has 2 rings (SSSR count). The molecular weight excluding hydrogens is 390 g/mol. The number of nitrogens with zero attached hydrogens (tertiary/aromatic N) is 3. The van der Waals surface area contributed by atoms with Crippen molar-refractivity contribution in [2.75, 3.05) is 33.7 Å². The van der Waals surface area contributed by atoms with Crippen LogP contribution in [0.4, 0.5) is 0 Å². The maximum absolute atomic E-state index is 12.7. The van der Waals surface area contributed by atoms with Crippen LogP contribution in [-0.4, -0.2) is 61.3 Å². The third-order valence-electron chi connectivity index (χ3n) is 4.73. The van der Waals surface area contributed by atoms with Crippen molar-refractivity contribution < 1.29 is 9.59 Å². The summed E-state index contributed by atoms with van der Waals surface area (Å²) >= 11 is 0. The highest BCUT2D eigenvalue weighted by Gasteiger charge is 2.13. The fourth-order valence-electron chi connectivity index (χ4n) is 2.97. The fourth-order valence-corrected chi connectivity index (χ4v) is 2.97. The number of rotatable bonds is 9. The predicted octanol–water partition coefficient (Wildman–Crippen LogP) is 2.49. The first kappa shape index (κ1) is 23.9. The third kappa shape index (κ3) is 7.77. The number of carbonyl (C=O) groups excluding carboxylic acids is 2. The van der Waals surface area contributed by atoms with E-state index in [1.54, 1.807) is 31.1 Å². The summed E-state index contributed by atoms with van der Waals surface area (Å²) in [6.45, 7) is 6.49. The van der Waals surface area contributed by atoms with Crippen molar-refractivity contribution in [3.05, 3.63) is 71.3 Å². The summed E-state index contributed by atoms with van der Waals surface area (Å²) in [5, 5.41) is 6.29. The van der Waals surface area contributed by atoms with Gasteiger partial charge < -0.3 is 20.4 Å². The monoisotopic (exact) mass is 423 g/mol. The Hall–Kier alpha value is -3.35. The number of carbonyl (C=O) groups is 2. The molecule has 0 aliphatic carbocycles. The molecule has 2 amide bonds. The van der Waals surface area contributed by atoms with Crippen LogP contribution in [0.3, 0.4) is 0 Å². The van der Waals surface area contributed by atoms with Gasteiger partial charge in [-0.05, 0) is 37.1 Å². The smallest absolute Gasteiger partial charge is 0.253 e. The maximum atomic E-state index is 12.7. The quantitative estimate of drug-likeness (QED) is 0.480. The molecule has 0 fully saturated rings. The van der Waals surface area contributed by atoms with E-state index < -0.39 is 0 Å². The molecule has 0 radical (unpaired) electrons. The molecule has 31 heavy (non-hydrogen) atoms. The van der Waals surface area contributed by atoms with Gasteiger partial charge in [0.15, 0.2) is 5.96 Å². The van der Waals surface area contributed by atoms with Gasteiger partial charge in [-0.2, -0.15) is 0 Å². The van der Waals surface area contributed by atoms with E-state index in [9.17, 15) is 9.59 Å². The van der Waals surface area contributed by atoms with E-state index in [-0.39, 0.29) is 18.4 Å². The van der Waals surface area contributed by atoms with Crippen molar-refractivity contribution in [2.24, 2.45) is 4.99 Å². The van der Waals surface area contributed by atoms with E-state index in [1.807, 2.05) is 61.2 Å². The SMILES string of the molecule is CCNC(=NCc1ccc(C(=O)N(C)C)cc1)NCC(=O)N(CC)Cc1ccccc1. The number of nitrogens with one attached hydrogen (secondary N) is 2. The first-order chi connectivity index (χ1) is 14.9. The predicted molar refractivity (Wildman–Crippen MR) is 125 cm³/mol. The molecule has 2 N–H and O–H groups in total. The van der Waals surface area contributed by atoms with Crippen LogP contribution in [-0.2, 0) is 17.9 Å². The molecule has 0 spiro atoms. The van der Waals surface area contributed by atoms with Crippen LogP contribution in [0, 0.1) is 0 Å². The maximum Gasteiger partial charge on any atom is 0.253 e. The highest BCUT2D eigenvalue weighted by Crippen LogP contribution is 2.08. The molecule has 0 aromatic heterocycles. The van der Waals surface area contributed by atoms with E-state index >= 15 is 0 Å². The molecule has 0 atom stereocenters.